The molecule has 0 bridgehead atoms. The normalized spacial score (nSPS) is 23.6. The SMILES string of the molecule is CC1OCCC1NC(=O)c1ccc(C(=O)O)o1. The van der Waals surface area contributed by atoms with Crippen LogP contribution in [0, 0.1) is 0 Å². The number of hydrogen-bond acceptors (Lipinski definition) is 4. The third kappa shape index (κ3) is 2.47. The Balaban J connectivity index is 2.01. The Bertz CT molecular complexity index is 439. The summed E-state index contributed by atoms with van der Waals surface area (Å²) in [4.78, 5) is 22.3. The van der Waals surface area contributed by atoms with Gasteiger partial charge < -0.3 is 19.6 Å². The molecule has 1 saturated heterocycles. The molecule has 2 heterocycles. The second-order valence-electron chi connectivity index (χ2n) is 3.91. The van der Waals surface area contributed by atoms with Gasteiger partial charge in [-0.2, -0.15) is 0 Å². The summed E-state index contributed by atoms with van der Waals surface area (Å²) in [7, 11) is 0. The number of rotatable bonds is 3. The third-order valence-corrected chi connectivity index (χ3v) is 2.73. The summed E-state index contributed by atoms with van der Waals surface area (Å²) >= 11 is 0. The summed E-state index contributed by atoms with van der Waals surface area (Å²) in [5.74, 6) is -1.85. The number of hydrogen-bond donors (Lipinski definition) is 2. The van der Waals surface area contributed by atoms with Crippen molar-refractivity contribution in [3.63, 3.8) is 0 Å². The molecular weight excluding hydrogens is 226 g/mol. The van der Waals surface area contributed by atoms with Gasteiger partial charge >= 0.3 is 5.97 Å². The lowest BCUT2D eigenvalue weighted by atomic mass is 10.1. The van der Waals surface area contributed by atoms with Crippen LogP contribution in [-0.2, 0) is 4.74 Å². The van der Waals surface area contributed by atoms with E-state index in [0.717, 1.165) is 6.42 Å². The topological polar surface area (TPSA) is 88.8 Å². The Morgan fingerprint density at radius 1 is 1.41 bits per heavy atom. The first kappa shape index (κ1) is 11.7. The van der Waals surface area contributed by atoms with Gasteiger partial charge in [-0.05, 0) is 25.5 Å². The van der Waals surface area contributed by atoms with Crippen LogP contribution in [0.15, 0.2) is 16.5 Å². The quantitative estimate of drug-likeness (QED) is 0.817. The molecule has 1 amide bonds. The maximum Gasteiger partial charge on any atom is 0.371 e. The Kier molecular flexibility index (Phi) is 3.14. The molecule has 1 aromatic heterocycles. The highest BCUT2D eigenvalue weighted by atomic mass is 16.5. The van der Waals surface area contributed by atoms with E-state index in [0.29, 0.717) is 6.61 Å². The van der Waals surface area contributed by atoms with Gasteiger partial charge in [-0.15, -0.1) is 0 Å². The predicted octanol–water partition coefficient (Wildman–Crippen LogP) is 0.885. The number of ether oxygens (including phenoxy) is 1. The number of amides is 1. The monoisotopic (exact) mass is 239 g/mol. The Morgan fingerprint density at radius 3 is 2.65 bits per heavy atom. The van der Waals surface area contributed by atoms with E-state index in [9.17, 15) is 9.59 Å². The molecule has 0 saturated carbocycles. The van der Waals surface area contributed by atoms with Crippen molar-refractivity contribution < 1.29 is 23.8 Å². The summed E-state index contributed by atoms with van der Waals surface area (Å²) in [5, 5.41) is 11.4. The Morgan fingerprint density at radius 2 is 2.12 bits per heavy atom. The average molecular weight is 239 g/mol. The van der Waals surface area contributed by atoms with Gasteiger partial charge in [0.05, 0.1) is 12.1 Å². The largest absolute Gasteiger partial charge is 0.475 e. The van der Waals surface area contributed by atoms with Gasteiger partial charge in [0.25, 0.3) is 5.91 Å². The smallest absolute Gasteiger partial charge is 0.371 e. The van der Waals surface area contributed by atoms with E-state index in [1.807, 2.05) is 6.92 Å². The highest BCUT2D eigenvalue weighted by Gasteiger charge is 2.27. The van der Waals surface area contributed by atoms with E-state index >= 15 is 0 Å². The average Bonchev–Trinajstić information content (AvgIpc) is 2.88. The summed E-state index contributed by atoms with van der Waals surface area (Å²) < 4.78 is 10.2. The summed E-state index contributed by atoms with van der Waals surface area (Å²) in [6.45, 7) is 2.49. The van der Waals surface area contributed by atoms with Crippen molar-refractivity contribution in [1.29, 1.82) is 0 Å². The lowest BCUT2D eigenvalue weighted by Gasteiger charge is -2.14. The van der Waals surface area contributed by atoms with Crippen molar-refractivity contribution in [2.45, 2.75) is 25.5 Å². The number of aromatic carboxylic acids is 1. The van der Waals surface area contributed by atoms with Crippen molar-refractivity contribution in [2.75, 3.05) is 6.61 Å². The Labute approximate surface area is 97.6 Å². The number of carboxylic acid groups (broad SMARTS) is 1. The van der Waals surface area contributed by atoms with Crippen LogP contribution >= 0.6 is 0 Å². The molecule has 1 aliphatic heterocycles. The molecule has 17 heavy (non-hydrogen) atoms. The number of nitrogens with one attached hydrogen (secondary N) is 1. The van der Waals surface area contributed by atoms with Crippen LogP contribution in [0.1, 0.15) is 34.5 Å². The van der Waals surface area contributed by atoms with Gasteiger partial charge in [-0.3, -0.25) is 4.79 Å². The molecule has 92 valence electrons. The van der Waals surface area contributed by atoms with E-state index in [-0.39, 0.29) is 23.7 Å². The molecule has 6 heteroatoms. The first-order chi connectivity index (χ1) is 8.08. The second-order valence-corrected chi connectivity index (χ2v) is 3.91. The van der Waals surface area contributed by atoms with Crippen LogP contribution in [0.5, 0.6) is 0 Å². The minimum atomic E-state index is -1.19. The van der Waals surface area contributed by atoms with E-state index in [1.54, 1.807) is 0 Å². The predicted molar refractivity (Wildman–Crippen MR) is 57.0 cm³/mol. The fourth-order valence-electron chi connectivity index (χ4n) is 1.74. The summed E-state index contributed by atoms with van der Waals surface area (Å²) in [5.41, 5.74) is 0. The fourth-order valence-corrected chi connectivity index (χ4v) is 1.74. The maximum atomic E-state index is 11.7. The highest BCUT2D eigenvalue weighted by Crippen LogP contribution is 2.14. The maximum absolute atomic E-state index is 11.7. The molecule has 0 radical (unpaired) electrons. The zero-order valence-corrected chi connectivity index (χ0v) is 9.30. The molecule has 2 unspecified atom stereocenters. The van der Waals surface area contributed by atoms with Crippen molar-refractivity contribution in [3.05, 3.63) is 23.7 Å². The summed E-state index contributed by atoms with van der Waals surface area (Å²) in [6, 6.07) is 2.55. The van der Waals surface area contributed by atoms with Crippen LogP contribution in [0.25, 0.3) is 0 Å². The molecule has 1 aromatic rings. The first-order valence-corrected chi connectivity index (χ1v) is 5.33. The van der Waals surface area contributed by atoms with Crippen LogP contribution in [0.4, 0.5) is 0 Å². The van der Waals surface area contributed by atoms with Crippen molar-refractivity contribution in [2.24, 2.45) is 0 Å². The van der Waals surface area contributed by atoms with Gasteiger partial charge in [0.2, 0.25) is 5.76 Å². The molecule has 1 aliphatic rings. The van der Waals surface area contributed by atoms with Crippen LogP contribution < -0.4 is 5.32 Å². The Hall–Kier alpha value is -1.82. The minimum Gasteiger partial charge on any atom is -0.475 e. The highest BCUT2D eigenvalue weighted by molar-refractivity contribution is 5.93. The van der Waals surface area contributed by atoms with Gasteiger partial charge in [0.1, 0.15) is 0 Å². The zero-order valence-electron chi connectivity index (χ0n) is 9.30. The van der Waals surface area contributed by atoms with Gasteiger partial charge in [0.15, 0.2) is 5.76 Å². The van der Waals surface area contributed by atoms with E-state index in [1.165, 1.54) is 12.1 Å². The molecule has 0 aromatic carbocycles. The van der Waals surface area contributed by atoms with Gasteiger partial charge in [-0.25, -0.2) is 4.79 Å². The molecule has 2 N–H and O–H groups in total. The molecule has 6 nitrogen and oxygen atoms in total. The molecular formula is C11H13NO5. The van der Waals surface area contributed by atoms with E-state index < -0.39 is 11.9 Å². The molecule has 1 fully saturated rings. The summed E-state index contributed by atoms with van der Waals surface area (Å²) in [6.07, 6.45) is 0.715. The molecule has 0 spiro atoms. The van der Waals surface area contributed by atoms with Crippen molar-refractivity contribution in [3.8, 4) is 0 Å². The number of furan rings is 1. The van der Waals surface area contributed by atoms with Gasteiger partial charge in [-0.1, -0.05) is 0 Å². The lowest BCUT2D eigenvalue weighted by Crippen LogP contribution is -2.39. The third-order valence-electron chi connectivity index (χ3n) is 2.73. The number of carbonyl (C=O) groups is 2. The van der Waals surface area contributed by atoms with Crippen LogP contribution in [0.2, 0.25) is 0 Å². The van der Waals surface area contributed by atoms with E-state index in [2.05, 4.69) is 5.32 Å². The number of carboxylic acids is 1. The zero-order chi connectivity index (χ0) is 12.4. The molecule has 2 atom stereocenters. The second kappa shape index (κ2) is 4.58. The van der Waals surface area contributed by atoms with E-state index in [4.69, 9.17) is 14.3 Å². The fraction of sp³-hybridized carbons (Fsp3) is 0.455. The standard InChI is InChI=1S/C11H13NO5/c1-6-7(4-5-16-6)12-10(13)8-2-3-9(17-8)11(14)15/h2-3,6-7H,4-5H2,1H3,(H,12,13)(H,14,15). The van der Waals surface area contributed by atoms with Crippen molar-refractivity contribution >= 4 is 11.9 Å². The van der Waals surface area contributed by atoms with Crippen LogP contribution in [-0.4, -0.2) is 35.7 Å². The van der Waals surface area contributed by atoms with Crippen LogP contribution in [0.3, 0.4) is 0 Å². The lowest BCUT2D eigenvalue weighted by molar-refractivity contribution is 0.0658. The van der Waals surface area contributed by atoms with Crippen molar-refractivity contribution in [1.82, 2.24) is 5.32 Å². The number of carbonyl (C=O) groups excluding carboxylic acids is 1. The minimum absolute atomic E-state index is 0.00139. The molecule has 0 aliphatic carbocycles. The van der Waals surface area contributed by atoms with Gasteiger partial charge in [0, 0.05) is 6.61 Å². The first-order valence-electron chi connectivity index (χ1n) is 5.33. The molecule has 2 rings (SSSR count).